The van der Waals surface area contributed by atoms with Crippen molar-refractivity contribution in [2.24, 2.45) is 0 Å². The maximum absolute atomic E-state index is 5.43. The second-order valence-corrected chi connectivity index (χ2v) is 6.74. The van der Waals surface area contributed by atoms with Crippen LogP contribution in [0.15, 0.2) is 28.8 Å². The normalized spacial score (nSPS) is 14.6. The van der Waals surface area contributed by atoms with E-state index < -0.39 is 0 Å². The molecule has 0 bridgehead atoms. The number of likely N-dealkylation sites (tertiary alicyclic amines) is 1. The van der Waals surface area contributed by atoms with E-state index in [-0.39, 0.29) is 0 Å². The number of benzene rings is 1. The summed E-state index contributed by atoms with van der Waals surface area (Å²) in [6, 6.07) is 8.10. The van der Waals surface area contributed by atoms with Crippen LogP contribution in [0, 0.1) is 6.92 Å². The van der Waals surface area contributed by atoms with Crippen LogP contribution in [0.1, 0.15) is 24.3 Å². The van der Waals surface area contributed by atoms with Gasteiger partial charge in [-0.15, -0.1) is 0 Å². The highest BCUT2D eigenvalue weighted by atomic mass is 32.2. The minimum absolute atomic E-state index is 0.622. The lowest BCUT2D eigenvalue weighted by atomic mass is 10.1. The molecule has 1 aliphatic heterocycles. The Morgan fingerprint density at radius 1 is 1.29 bits per heavy atom. The van der Waals surface area contributed by atoms with Gasteiger partial charge in [0.2, 0.25) is 11.7 Å². The first-order valence-electron chi connectivity index (χ1n) is 7.04. The predicted molar refractivity (Wildman–Crippen MR) is 89.2 cm³/mol. The summed E-state index contributed by atoms with van der Waals surface area (Å²) in [6.45, 7) is 4.20. The van der Waals surface area contributed by atoms with E-state index in [1.54, 1.807) is 11.8 Å². The molecule has 1 aromatic heterocycles. The van der Waals surface area contributed by atoms with Gasteiger partial charge in [-0.3, -0.25) is 0 Å². The minimum Gasteiger partial charge on any atom is -0.358 e. The molecule has 0 aliphatic carbocycles. The molecule has 0 spiro atoms. The van der Waals surface area contributed by atoms with Gasteiger partial charge < -0.3 is 9.42 Å². The van der Waals surface area contributed by atoms with Crippen LogP contribution in [0.25, 0.3) is 11.4 Å². The van der Waals surface area contributed by atoms with Crippen LogP contribution in [0.4, 0.5) is 0 Å². The van der Waals surface area contributed by atoms with E-state index in [4.69, 9.17) is 16.7 Å². The van der Waals surface area contributed by atoms with Gasteiger partial charge in [-0.1, -0.05) is 59.0 Å². The Morgan fingerprint density at radius 3 is 2.71 bits per heavy atom. The predicted octanol–water partition coefficient (Wildman–Crippen LogP) is 3.66. The minimum atomic E-state index is 0.622. The second kappa shape index (κ2) is 6.58. The van der Waals surface area contributed by atoms with Crippen molar-refractivity contribution in [3.8, 4) is 11.4 Å². The fourth-order valence-electron chi connectivity index (χ4n) is 2.25. The van der Waals surface area contributed by atoms with Gasteiger partial charge in [-0.25, -0.2) is 0 Å². The molecule has 1 fully saturated rings. The van der Waals surface area contributed by atoms with Gasteiger partial charge in [0.1, 0.15) is 4.32 Å². The molecule has 6 heteroatoms. The monoisotopic (exact) mass is 319 g/mol. The zero-order chi connectivity index (χ0) is 14.7. The van der Waals surface area contributed by atoms with E-state index in [1.807, 2.05) is 24.3 Å². The number of rotatable bonds is 3. The summed E-state index contributed by atoms with van der Waals surface area (Å²) in [6.07, 6.45) is 2.47. The van der Waals surface area contributed by atoms with Crippen molar-refractivity contribution in [2.75, 3.05) is 13.1 Å². The highest BCUT2D eigenvalue weighted by Gasteiger charge is 2.16. The highest BCUT2D eigenvalue weighted by Crippen LogP contribution is 2.21. The summed E-state index contributed by atoms with van der Waals surface area (Å²) >= 11 is 7.03. The van der Waals surface area contributed by atoms with Gasteiger partial charge in [-0.05, 0) is 19.8 Å². The molecule has 2 heterocycles. The van der Waals surface area contributed by atoms with Crippen LogP contribution in [0.5, 0.6) is 0 Å². The maximum atomic E-state index is 5.43. The lowest BCUT2D eigenvalue weighted by Crippen LogP contribution is -2.23. The molecule has 0 unspecified atom stereocenters. The number of hydrogen-bond acceptors (Lipinski definition) is 5. The first-order chi connectivity index (χ1) is 10.2. The molecular formula is C15H17N3OS2. The van der Waals surface area contributed by atoms with Crippen molar-refractivity contribution in [3.63, 3.8) is 0 Å². The molecule has 0 atom stereocenters. The molecule has 3 rings (SSSR count). The fraction of sp³-hybridized carbons (Fsp3) is 0.400. The molecule has 0 saturated carbocycles. The summed E-state index contributed by atoms with van der Waals surface area (Å²) in [7, 11) is 0. The molecule has 1 saturated heterocycles. The van der Waals surface area contributed by atoms with E-state index in [9.17, 15) is 0 Å². The Bertz CT molecular complexity index is 618. The van der Waals surface area contributed by atoms with Gasteiger partial charge in [-0.2, -0.15) is 4.98 Å². The van der Waals surface area contributed by atoms with Crippen LogP contribution in [0.2, 0.25) is 0 Å². The van der Waals surface area contributed by atoms with Crippen molar-refractivity contribution >= 4 is 28.3 Å². The third kappa shape index (κ3) is 3.63. The summed E-state index contributed by atoms with van der Waals surface area (Å²) in [5, 5.41) is 4.04. The number of aryl methyl sites for hydroxylation is 1. The largest absolute Gasteiger partial charge is 0.358 e. The SMILES string of the molecule is Cc1ccc(-c2noc(CSC(=S)N3CCCC3)n2)cc1. The van der Waals surface area contributed by atoms with Gasteiger partial charge in [0.05, 0.1) is 5.75 Å². The molecule has 4 nitrogen and oxygen atoms in total. The van der Waals surface area contributed by atoms with E-state index in [0.717, 1.165) is 23.0 Å². The van der Waals surface area contributed by atoms with Crippen molar-refractivity contribution in [1.29, 1.82) is 0 Å². The Balaban J connectivity index is 1.60. The molecule has 1 aliphatic rings. The van der Waals surface area contributed by atoms with Crippen LogP contribution in [0.3, 0.4) is 0 Å². The highest BCUT2D eigenvalue weighted by molar-refractivity contribution is 8.22. The second-order valence-electron chi connectivity index (χ2n) is 5.13. The van der Waals surface area contributed by atoms with Crippen molar-refractivity contribution in [2.45, 2.75) is 25.5 Å². The standard InChI is InChI=1S/C15H17N3OS2/c1-11-4-6-12(7-5-11)14-16-13(19-17-14)10-21-15(20)18-8-2-3-9-18/h4-7H,2-3,8-10H2,1H3. The fourth-order valence-corrected chi connectivity index (χ4v) is 3.34. The topological polar surface area (TPSA) is 42.2 Å². The number of nitrogens with zero attached hydrogens (tertiary/aromatic N) is 3. The Kier molecular flexibility index (Phi) is 4.55. The van der Waals surface area contributed by atoms with Crippen LogP contribution in [-0.2, 0) is 5.75 Å². The van der Waals surface area contributed by atoms with Gasteiger partial charge in [0.25, 0.3) is 0 Å². The zero-order valence-corrected chi connectivity index (χ0v) is 13.5. The molecule has 0 amide bonds. The first-order valence-corrected chi connectivity index (χ1v) is 8.43. The van der Waals surface area contributed by atoms with Crippen LogP contribution >= 0.6 is 24.0 Å². The number of thioether (sulfide) groups is 1. The summed E-state index contributed by atoms with van der Waals surface area (Å²) in [4.78, 5) is 6.68. The average Bonchev–Trinajstić information content (AvgIpc) is 3.17. The summed E-state index contributed by atoms with van der Waals surface area (Å²) < 4.78 is 6.24. The van der Waals surface area contributed by atoms with Gasteiger partial charge >= 0.3 is 0 Å². The molecular weight excluding hydrogens is 302 g/mol. The van der Waals surface area contributed by atoms with E-state index >= 15 is 0 Å². The van der Waals surface area contributed by atoms with Crippen molar-refractivity contribution in [1.82, 2.24) is 15.0 Å². The maximum Gasteiger partial charge on any atom is 0.237 e. The Hall–Kier alpha value is -1.40. The Morgan fingerprint density at radius 2 is 2.00 bits per heavy atom. The van der Waals surface area contributed by atoms with Gasteiger partial charge in [0.15, 0.2) is 0 Å². The van der Waals surface area contributed by atoms with E-state index in [0.29, 0.717) is 17.5 Å². The van der Waals surface area contributed by atoms with Crippen molar-refractivity contribution in [3.05, 3.63) is 35.7 Å². The molecule has 110 valence electrons. The smallest absolute Gasteiger partial charge is 0.237 e. The zero-order valence-electron chi connectivity index (χ0n) is 11.9. The molecule has 1 aromatic carbocycles. The molecule has 0 N–H and O–H groups in total. The third-order valence-corrected chi connectivity index (χ3v) is 4.97. The number of hydrogen-bond donors (Lipinski definition) is 0. The lowest BCUT2D eigenvalue weighted by Gasteiger charge is -2.16. The van der Waals surface area contributed by atoms with E-state index in [1.165, 1.54) is 18.4 Å². The van der Waals surface area contributed by atoms with Crippen molar-refractivity contribution < 1.29 is 4.52 Å². The van der Waals surface area contributed by atoms with Gasteiger partial charge in [0, 0.05) is 18.7 Å². The summed E-state index contributed by atoms with van der Waals surface area (Å²) in [5.74, 6) is 1.89. The lowest BCUT2D eigenvalue weighted by molar-refractivity contribution is 0.392. The molecule has 21 heavy (non-hydrogen) atoms. The quantitative estimate of drug-likeness (QED) is 0.804. The van der Waals surface area contributed by atoms with E-state index in [2.05, 4.69) is 22.0 Å². The molecule has 2 aromatic rings. The first kappa shape index (κ1) is 14.5. The summed E-state index contributed by atoms with van der Waals surface area (Å²) in [5.41, 5.74) is 2.19. The number of aromatic nitrogens is 2. The number of thiocarbonyl (C=S) groups is 1. The molecule has 0 radical (unpaired) electrons. The van der Waals surface area contributed by atoms with Crippen LogP contribution < -0.4 is 0 Å². The van der Waals surface area contributed by atoms with Crippen LogP contribution in [-0.4, -0.2) is 32.5 Å². The third-order valence-electron chi connectivity index (χ3n) is 3.46. The average molecular weight is 319 g/mol. The Labute approximate surface area is 133 Å².